The maximum Gasteiger partial charge on any atom is 0.226 e. The monoisotopic (exact) mass is 910 g/mol. The summed E-state index contributed by atoms with van der Waals surface area (Å²) in [7, 11) is 1.48. The van der Waals surface area contributed by atoms with Crippen LogP contribution in [0.15, 0.2) is 66.7 Å². The molecule has 0 spiro atoms. The van der Waals surface area contributed by atoms with Gasteiger partial charge in [0.25, 0.3) is 0 Å². The van der Waals surface area contributed by atoms with Gasteiger partial charge in [-0.1, -0.05) is 64.1 Å². The highest BCUT2D eigenvalue weighted by atomic mass is 16.5. The molecule has 2 amide bonds. The van der Waals surface area contributed by atoms with Gasteiger partial charge in [-0.3, -0.25) is 29.0 Å². The van der Waals surface area contributed by atoms with Crippen molar-refractivity contribution in [1.82, 2.24) is 15.2 Å². The first-order chi connectivity index (χ1) is 31.9. The smallest absolute Gasteiger partial charge is 0.226 e. The van der Waals surface area contributed by atoms with Crippen LogP contribution in [0.5, 0.6) is 11.5 Å². The lowest BCUT2D eigenvalue weighted by Crippen LogP contribution is -2.46. The number of aryl methyl sites for hydroxylation is 1. The Morgan fingerprint density at radius 3 is 2.13 bits per heavy atom. The van der Waals surface area contributed by atoms with Crippen LogP contribution in [0.3, 0.4) is 0 Å². The summed E-state index contributed by atoms with van der Waals surface area (Å²) < 4.78 is 12.2. The third-order valence-corrected chi connectivity index (χ3v) is 12.0. The molecule has 15 heteroatoms. The molecular formula is C52H62N8O7. The number of nitrogens with one attached hydrogen (secondary N) is 1. The highest BCUT2D eigenvalue weighted by molar-refractivity contribution is 6.01. The van der Waals surface area contributed by atoms with E-state index in [1.165, 1.54) is 18.0 Å². The minimum atomic E-state index is -1.27. The Labute approximate surface area is 393 Å². The summed E-state index contributed by atoms with van der Waals surface area (Å²) in [5.41, 5.74) is 22.8. The lowest BCUT2D eigenvalue weighted by Gasteiger charge is -2.32. The van der Waals surface area contributed by atoms with E-state index in [-0.39, 0.29) is 93.7 Å². The van der Waals surface area contributed by atoms with Gasteiger partial charge in [-0.25, -0.2) is 0 Å². The zero-order valence-corrected chi connectivity index (χ0v) is 39.3. The summed E-state index contributed by atoms with van der Waals surface area (Å²) in [5, 5.41) is 22.3. The van der Waals surface area contributed by atoms with Gasteiger partial charge >= 0.3 is 0 Å². The number of aromatic nitrogens is 1. The highest BCUT2D eigenvalue weighted by Gasteiger charge is 2.36. The Morgan fingerprint density at radius 2 is 1.54 bits per heavy atom. The molecule has 7 N–H and O–H groups in total. The van der Waals surface area contributed by atoms with Crippen molar-refractivity contribution in [2.45, 2.75) is 90.6 Å². The first kappa shape index (κ1) is 51.2. The van der Waals surface area contributed by atoms with E-state index >= 15 is 0 Å². The summed E-state index contributed by atoms with van der Waals surface area (Å²) in [4.78, 5) is 77.1. The number of pyridine rings is 1. The van der Waals surface area contributed by atoms with Gasteiger partial charge in [-0.2, -0.15) is 10.5 Å². The van der Waals surface area contributed by atoms with Crippen LogP contribution in [0.1, 0.15) is 104 Å². The minimum Gasteiger partial charge on any atom is -0.492 e. The van der Waals surface area contributed by atoms with Crippen molar-refractivity contribution in [3.63, 3.8) is 0 Å². The first-order valence-corrected chi connectivity index (χ1v) is 22.6. The van der Waals surface area contributed by atoms with Crippen LogP contribution in [-0.2, 0) is 31.0 Å². The standard InChI is InChI=1S/C52H62N8O7/c1-31-24-45(63)49(60(6)51(65)36(17-19-54)29-44(62)39-28-37(30-57)48(58-32(39)2)34-10-13-38(14-11-34)52(3,4)5)35-12-16-47(67-23-21-56)41(27-35)40-25-33(9-15-46(40)66-22-20-55)26-42(59-50(31)64)43(61)8-7-18-53/h9-16,25,27-28,31,36,42,49H,7-8,17,19-24,26,29,54-56H2,1-6H3,(H,59,64)/t31-,36-,42+,49+/m1/s1. The minimum absolute atomic E-state index is 0.0413. The summed E-state index contributed by atoms with van der Waals surface area (Å²) in [6, 6.07) is 21.6. The molecule has 1 aliphatic heterocycles. The predicted molar refractivity (Wildman–Crippen MR) is 255 cm³/mol. The van der Waals surface area contributed by atoms with Crippen molar-refractivity contribution >= 4 is 29.2 Å². The van der Waals surface area contributed by atoms with Gasteiger partial charge in [-0.05, 0) is 78.7 Å². The van der Waals surface area contributed by atoms with E-state index in [4.69, 9.17) is 31.7 Å². The number of carbonyl (C=O) groups excluding carboxylic acids is 5. The number of nitriles is 2. The molecule has 0 saturated heterocycles. The number of rotatable bonds is 17. The molecule has 15 nitrogen and oxygen atoms in total. The first-order valence-electron chi connectivity index (χ1n) is 22.6. The number of nitrogens with two attached hydrogens (primary N) is 3. The van der Waals surface area contributed by atoms with Crippen molar-refractivity contribution in [3.8, 4) is 46.0 Å². The third kappa shape index (κ3) is 12.6. The molecular weight excluding hydrogens is 849 g/mol. The number of fused-ring (bicyclic) bond motifs is 5. The lowest BCUT2D eigenvalue weighted by atomic mass is 9.86. The Hall–Kier alpha value is -6.78. The molecule has 2 heterocycles. The second-order valence-corrected chi connectivity index (χ2v) is 18.0. The molecule has 0 fully saturated rings. The quantitative estimate of drug-likeness (QED) is 0.0913. The van der Waals surface area contributed by atoms with Crippen molar-refractivity contribution < 1.29 is 33.4 Å². The second kappa shape index (κ2) is 23.1. The van der Waals surface area contributed by atoms with Gasteiger partial charge in [0.05, 0.1) is 23.4 Å². The van der Waals surface area contributed by atoms with E-state index in [1.54, 1.807) is 44.2 Å². The summed E-state index contributed by atoms with van der Waals surface area (Å²) >= 11 is 0. The fraction of sp³-hybridized carbons (Fsp3) is 0.423. The zero-order valence-electron chi connectivity index (χ0n) is 39.3. The van der Waals surface area contributed by atoms with E-state index in [9.17, 15) is 34.5 Å². The summed E-state index contributed by atoms with van der Waals surface area (Å²) in [6.07, 6.45) is -0.563. The number of nitrogens with zero attached hydrogens (tertiary/aromatic N) is 4. The SMILES string of the molecule is Cc1nc(-c2ccc(C(C)(C)C)cc2)c(C#N)cc1C(=O)C[C@@H](CCN)C(=O)N(C)[C@@H]1C(=O)C[C@@H](C)C(=O)N[C@H](C(=O)CCC#N)Cc2ccc(OCCN)c(c2)-c2cc1ccc2OCCN. The molecule has 4 aromatic rings. The molecule has 0 unspecified atom stereocenters. The Balaban J connectivity index is 1.58. The molecule has 0 saturated carbocycles. The topological polar surface area (TPSA) is 258 Å². The van der Waals surface area contributed by atoms with Gasteiger partial charge in [0.1, 0.15) is 36.8 Å². The normalized spacial score (nSPS) is 16.7. The maximum atomic E-state index is 14.8. The fourth-order valence-electron chi connectivity index (χ4n) is 8.30. The molecule has 1 aromatic heterocycles. The van der Waals surface area contributed by atoms with E-state index in [1.807, 2.05) is 36.4 Å². The third-order valence-electron chi connectivity index (χ3n) is 12.0. The molecule has 0 aliphatic carbocycles. The fourth-order valence-corrected chi connectivity index (χ4v) is 8.30. The number of hydrogen-bond donors (Lipinski definition) is 4. The number of amides is 2. The number of ether oxygens (including phenoxy) is 2. The molecule has 4 atom stereocenters. The number of benzene rings is 3. The van der Waals surface area contributed by atoms with Gasteiger partial charge in [0.15, 0.2) is 17.3 Å². The predicted octanol–water partition coefficient (Wildman–Crippen LogP) is 5.81. The van der Waals surface area contributed by atoms with Crippen LogP contribution in [0, 0.1) is 41.4 Å². The van der Waals surface area contributed by atoms with Crippen molar-refractivity contribution in [2.75, 3.05) is 39.9 Å². The molecule has 67 heavy (non-hydrogen) atoms. The maximum absolute atomic E-state index is 14.8. The van der Waals surface area contributed by atoms with Crippen LogP contribution in [0.4, 0.5) is 0 Å². The van der Waals surface area contributed by atoms with E-state index in [2.05, 4.69) is 32.2 Å². The van der Waals surface area contributed by atoms with Gasteiger partial charge in [-0.15, -0.1) is 0 Å². The van der Waals surface area contributed by atoms with Crippen LogP contribution < -0.4 is 32.0 Å². The number of likely N-dealkylation sites (N-methyl/N-ethyl adjacent to an activating group) is 1. The van der Waals surface area contributed by atoms with Crippen LogP contribution in [0.2, 0.25) is 0 Å². The van der Waals surface area contributed by atoms with Gasteiger partial charge in [0, 0.05) is 85.6 Å². The number of ketones is 3. The second-order valence-electron chi connectivity index (χ2n) is 18.0. The van der Waals surface area contributed by atoms with Crippen LogP contribution in [0.25, 0.3) is 22.4 Å². The van der Waals surface area contributed by atoms with E-state index in [0.717, 1.165) is 11.1 Å². The Kier molecular flexibility index (Phi) is 17.7. The van der Waals surface area contributed by atoms with Gasteiger partial charge in [0.2, 0.25) is 11.8 Å². The molecule has 4 bridgehead atoms. The molecule has 3 aromatic carbocycles. The largest absolute Gasteiger partial charge is 0.492 e. The Bertz CT molecular complexity index is 2550. The number of carbonyl (C=O) groups is 5. The van der Waals surface area contributed by atoms with E-state index < -0.39 is 47.3 Å². The van der Waals surface area contributed by atoms with Crippen molar-refractivity contribution in [1.29, 1.82) is 10.5 Å². The number of Topliss-reactive ketones (excluding diaryl/α,β-unsaturated/α-hetero) is 3. The molecule has 0 radical (unpaired) electrons. The summed E-state index contributed by atoms with van der Waals surface area (Å²) in [5.74, 6) is -3.45. The molecule has 1 aliphatic rings. The Morgan fingerprint density at radius 1 is 0.896 bits per heavy atom. The average Bonchev–Trinajstić information content (AvgIpc) is 3.30. The van der Waals surface area contributed by atoms with Crippen molar-refractivity contribution in [3.05, 3.63) is 100 Å². The number of hydrogen-bond acceptors (Lipinski definition) is 13. The zero-order chi connectivity index (χ0) is 49.0. The van der Waals surface area contributed by atoms with Gasteiger partial charge < -0.3 is 36.9 Å². The lowest BCUT2D eigenvalue weighted by molar-refractivity contribution is -0.142. The van der Waals surface area contributed by atoms with Crippen LogP contribution >= 0.6 is 0 Å². The van der Waals surface area contributed by atoms with Crippen molar-refractivity contribution in [2.24, 2.45) is 29.0 Å². The highest BCUT2D eigenvalue weighted by Crippen LogP contribution is 2.41. The molecule has 352 valence electrons. The average molecular weight is 911 g/mol. The van der Waals surface area contributed by atoms with Crippen LogP contribution in [-0.4, -0.2) is 85.0 Å². The molecule has 5 rings (SSSR count). The van der Waals surface area contributed by atoms with E-state index in [0.29, 0.717) is 45.1 Å². The summed E-state index contributed by atoms with van der Waals surface area (Å²) in [6.45, 7) is 10.3.